The highest BCUT2D eigenvalue weighted by molar-refractivity contribution is 7.09. The zero-order chi connectivity index (χ0) is 14.4. The molecule has 0 bridgehead atoms. The Kier molecular flexibility index (Phi) is 5.15. The monoisotopic (exact) mass is 291 g/mol. The first-order chi connectivity index (χ1) is 9.76. The van der Waals surface area contributed by atoms with Crippen molar-refractivity contribution in [1.82, 2.24) is 5.32 Å². The Morgan fingerprint density at radius 2 is 2.05 bits per heavy atom. The van der Waals surface area contributed by atoms with Gasteiger partial charge < -0.3 is 9.47 Å². The molecule has 1 atom stereocenters. The molecule has 2 rings (SSSR count). The summed E-state index contributed by atoms with van der Waals surface area (Å²) in [5.41, 5.74) is 0.776. The van der Waals surface area contributed by atoms with Gasteiger partial charge in [-0.05, 0) is 17.5 Å². The van der Waals surface area contributed by atoms with Gasteiger partial charge in [0, 0.05) is 17.0 Å². The van der Waals surface area contributed by atoms with Crippen molar-refractivity contribution in [3.8, 4) is 5.75 Å². The molecule has 0 aliphatic heterocycles. The molecule has 1 N–H and O–H groups in total. The second-order valence-corrected chi connectivity index (χ2v) is 5.19. The van der Waals surface area contributed by atoms with Crippen LogP contribution in [0.1, 0.15) is 16.5 Å². The zero-order valence-corrected chi connectivity index (χ0v) is 12.3. The third kappa shape index (κ3) is 3.37. The number of ether oxygens (including phenoxy) is 2. The highest BCUT2D eigenvalue weighted by Gasteiger charge is 2.24. The van der Waals surface area contributed by atoms with E-state index >= 15 is 0 Å². The molecule has 0 aliphatic rings. The third-order valence-corrected chi connectivity index (χ3v) is 3.82. The van der Waals surface area contributed by atoms with Crippen LogP contribution in [-0.2, 0) is 16.1 Å². The summed E-state index contributed by atoms with van der Waals surface area (Å²) >= 11 is 1.64. The fourth-order valence-corrected chi connectivity index (χ4v) is 2.61. The van der Waals surface area contributed by atoms with Gasteiger partial charge in [-0.3, -0.25) is 5.32 Å². The number of carbonyl (C=O) groups is 1. The van der Waals surface area contributed by atoms with E-state index in [-0.39, 0.29) is 5.97 Å². The Morgan fingerprint density at radius 3 is 2.70 bits per heavy atom. The van der Waals surface area contributed by atoms with E-state index in [0.717, 1.165) is 10.4 Å². The first kappa shape index (κ1) is 14.6. The van der Waals surface area contributed by atoms with E-state index < -0.39 is 6.04 Å². The summed E-state index contributed by atoms with van der Waals surface area (Å²) < 4.78 is 10.2. The number of benzene rings is 1. The van der Waals surface area contributed by atoms with Gasteiger partial charge in [0.2, 0.25) is 0 Å². The fourth-order valence-electron chi connectivity index (χ4n) is 1.96. The van der Waals surface area contributed by atoms with Crippen LogP contribution in [0, 0.1) is 0 Å². The lowest BCUT2D eigenvalue weighted by molar-refractivity contribution is -0.143. The lowest BCUT2D eigenvalue weighted by atomic mass is 10.1. The van der Waals surface area contributed by atoms with Crippen LogP contribution in [-0.4, -0.2) is 20.2 Å². The Balaban J connectivity index is 2.20. The molecule has 2 aromatic rings. The molecule has 0 aliphatic carbocycles. The predicted molar refractivity (Wildman–Crippen MR) is 78.9 cm³/mol. The van der Waals surface area contributed by atoms with Crippen LogP contribution in [0.3, 0.4) is 0 Å². The topological polar surface area (TPSA) is 47.6 Å². The van der Waals surface area contributed by atoms with Crippen molar-refractivity contribution in [3.63, 3.8) is 0 Å². The Bertz CT molecular complexity index is 554. The molecular formula is C15H17NO3S. The van der Waals surface area contributed by atoms with Crippen molar-refractivity contribution in [2.75, 3.05) is 14.2 Å². The molecule has 0 fully saturated rings. The molecule has 20 heavy (non-hydrogen) atoms. The van der Waals surface area contributed by atoms with Gasteiger partial charge in [-0.25, -0.2) is 4.79 Å². The second-order valence-electron chi connectivity index (χ2n) is 4.16. The molecule has 0 saturated carbocycles. The van der Waals surface area contributed by atoms with E-state index in [0.29, 0.717) is 12.3 Å². The van der Waals surface area contributed by atoms with Gasteiger partial charge >= 0.3 is 5.97 Å². The molecule has 0 spiro atoms. The molecule has 106 valence electrons. The first-order valence-electron chi connectivity index (χ1n) is 6.22. The summed E-state index contributed by atoms with van der Waals surface area (Å²) in [7, 11) is 2.98. The molecule has 1 aromatic heterocycles. The molecular weight excluding hydrogens is 274 g/mol. The van der Waals surface area contributed by atoms with Crippen LogP contribution in [0.2, 0.25) is 0 Å². The van der Waals surface area contributed by atoms with Gasteiger partial charge in [-0.15, -0.1) is 11.3 Å². The second kappa shape index (κ2) is 7.07. The minimum atomic E-state index is -0.543. The van der Waals surface area contributed by atoms with Gasteiger partial charge in [-0.2, -0.15) is 0 Å². The molecule has 0 radical (unpaired) electrons. The quantitative estimate of drug-likeness (QED) is 0.831. The van der Waals surface area contributed by atoms with E-state index in [1.807, 2.05) is 41.8 Å². The molecule has 0 saturated heterocycles. The number of esters is 1. The molecule has 5 heteroatoms. The fraction of sp³-hybridized carbons (Fsp3) is 0.267. The van der Waals surface area contributed by atoms with Crippen molar-refractivity contribution in [2.24, 2.45) is 0 Å². The van der Waals surface area contributed by atoms with Crippen molar-refractivity contribution in [2.45, 2.75) is 12.6 Å². The van der Waals surface area contributed by atoms with Crippen LogP contribution in [0.5, 0.6) is 5.75 Å². The summed E-state index contributed by atoms with van der Waals surface area (Å²) in [6.07, 6.45) is 0. The number of para-hydroxylation sites is 1. The van der Waals surface area contributed by atoms with Crippen LogP contribution in [0.25, 0.3) is 0 Å². The normalized spacial score (nSPS) is 11.9. The molecule has 1 unspecified atom stereocenters. The van der Waals surface area contributed by atoms with E-state index in [9.17, 15) is 4.79 Å². The molecule has 1 aromatic carbocycles. The lowest BCUT2D eigenvalue weighted by Gasteiger charge is -2.18. The highest BCUT2D eigenvalue weighted by Crippen LogP contribution is 2.26. The number of hydrogen-bond acceptors (Lipinski definition) is 5. The van der Waals surface area contributed by atoms with Crippen molar-refractivity contribution >= 4 is 17.3 Å². The van der Waals surface area contributed by atoms with Crippen LogP contribution in [0.4, 0.5) is 0 Å². The number of hydrogen-bond donors (Lipinski definition) is 1. The van der Waals surface area contributed by atoms with Crippen LogP contribution >= 0.6 is 11.3 Å². The van der Waals surface area contributed by atoms with Crippen molar-refractivity contribution in [3.05, 3.63) is 52.2 Å². The van der Waals surface area contributed by atoms with Gasteiger partial charge in [0.1, 0.15) is 11.8 Å². The maximum Gasteiger partial charge on any atom is 0.327 e. The summed E-state index contributed by atoms with van der Waals surface area (Å²) in [6, 6.07) is 10.9. The summed E-state index contributed by atoms with van der Waals surface area (Å²) in [4.78, 5) is 13.2. The van der Waals surface area contributed by atoms with Gasteiger partial charge in [-0.1, -0.05) is 24.3 Å². The standard InChI is InChI=1S/C15H17NO3S/c1-18-13-8-4-3-7-12(13)14(15(17)19-2)16-10-11-6-5-9-20-11/h3-9,14,16H,10H2,1-2H3. The molecule has 1 heterocycles. The number of carbonyl (C=O) groups excluding carboxylic acids is 1. The Labute approximate surface area is 122 Å². The number of methoxy groups -OCH3 is 2. The van der Waals surface area contributed by atoms with Gasteiger partial charge in [0.25, 0.3) is 0 Å². The third-order valence-electron chi connectivity index (χ3n) is 2.95. The SMILES string of the molecule is COC(=O)C(NCc1cccs1)c1ccccc1OC. The smallest absolute Gasteiger partial charge is 0.327 e. The van der Waals surface area contributed by atoms with Crippen molar-refractivity contribution < 1.29 is 14.3 Å². The minimum absolute atomic E-state index is 0.328. The average Bonchev–Trinajstić information content (AvgIpc) is 3.01. The number of nitrogens with one attached hydrogen (secondary N) is 1. The summed E-state index contributed by atoms with van der Waals surface area (Å²) in [5.74, 6) is 0.340. The van der Waals surface area contributed by atoms with Crippen LogP contribution < -0.4 is 10.1 Å². The Hall–Kier alpha value is -1.85. The van der Waals surface area contributed by atoms with E-state index in [2.05, 4.69) is 5.32 Å². The van der Waals surface area contributed by atoms with Gasteiger partial charge in [0.05, 0.1) is 14.2 Å². The van der Waals surface area contributed by atoms with Crippen molar-refractivity contribution in [1.29, 1.82) is 0 Å². The van der Waals surface area contributed by atoms with E-state index in [1.54, 1.807) is 18.4 Å². The number of rotatable bonds is 6. The highest BCUT2D eigenvalue weighted by atomic mass is 32.1. The van der Waals surface area contributed by atoms with Crippen LogP contribution in [0.15, 0.2) is 41.8 Å². The first-order valence-corrected chi connectivity index (χ1v) is 7.10. The average molecular weight is 291 g/mol. The zero-order valence-electron chi connectivity index (χ0n) is 11.5. The lowest BCUT2D eigenvalue weighted by Crippen LogP contribution is -2.29. The maximum absolute atomic E-state index is 12.0. The summed E-state index contributed by atoms with van der Waals surface area (Å²) in [5, 5.41) is 5.23. The Morgan fingerprint density at radius 1 is 1.25 bits per heavy atom. The minimum Gasteiger partial charge on any atom is -0.496 e. The summed E-state index contributed by atoms with van der Waals surface area (Å²) in [6.45, 7) is 0.607. The van der Waals surface area contributed by atoms with E-state index in [1.165, 1.54) is 7.11 Å². The number of thiophene rings is 1. The van der Waals surface area contributed by atoms with E-state index in [4.69, 9.17) is 9.47 Å². The largest absolute Gasteiger partial charge is 0.496 e. The molecule has 4 nitrogen and oxygen atoms in total. The molecule has 0 amide bonds. The maximum atomic E-state index is 12.0. The predicted octanol–water partition coefficient (Wildman–Crippen LogP) is 2.76. The van der Waals surface area contributed by atoms with Gasteiger partial charge in [0.15, 0.2) is 0 Å².